The average molecular weight is 526 g/mol. The summed E-state index contributed by atoms with van der Waals surface area (Å²) in [5, 5.41) is 4.91. The van der Waals surface area contributed by atoms with Crippen LogP contribution in [-0.2, 0) is 5.41 Å². The van der Waals surface area contributed by atoms with Gasteiger partial charge in [-0.2, -0.15) is 0 Å². The second kappa shape index (κ2) is 7.99. The van der Waals surface area contributed by atoms with Crippen LogP contribution in [0.1, 0.15) is 25.0 Å². The van der Waals surface area contributed by atoms with E-state index in [1.807, 2.05) is 12.1 Å². The molecular formula is C39H27NO. The van der Waals surface area contributed by atoms with Gasteiger partial charge in [0.05, 0.1) is 11.0 Å². The lowest BCUT2D eigenvalue weighted by Gasteiger charge is -2.23. The smallest absolute Gasteiger partial charge is 0.136 e. The Labute approximate surface area is 238 Å². The Hall–Kier alpha value is -5.08. The lowest BCUT2D eigenvalue weighted by molar-refractivity contribution is 0.664. The molecule has 0 saturated carbocycles. The van der Waals surface area contributed by atoms with Gasteiger partial charge in [-0.05, 0) is 69.8 Å². The monoisotopic (exact) mass is 525 g/mol. The normalized spacial score (nSPS) is 13.8. The standard InChI is InChI=1S/C39H27NO/c1-39(2)33-12-6-3-9-27(33)31-21-22-32-28-10-4-7-13-34(28)40(38(32)37(31)39)26-18-15-24(16-19-26)25-17-20-30-29-11-5-8-14-35(29)41-36(30)23-25/h3-23H,1-2H3. The molecule has 0 atom stereocenters. The van der Waals surface area contributed by atoms with E-state index < -0.39 is 0 Å². The van der Waals surface area contributed by atoms with E-state index in [0.29, 0.717) is 0 Å². The Morgan fingerprint density at radius 3 is 2.10 bits per heavy atom. The first kappa shape index (κ1) is 22.7. The van der Waals surface area contributed by atoms with E-state index in [0.717, 1.165) is 27.5 Å². The largest absolute Gasteiger partial charge is 0.456 e. The Bertz CT molecular complexity index is 2330. The summed E-state index contributed by atoms with van der Waals surface area (Å²) in [6.07, 6.45) is 0. The van der Waals surface area contributed by atoms with Gasteiger partial charge < -0.3 is 8.98 Å². The van der Waals surface area contributed by atoms with Gasteiger partial charge in [-0.3, -0.25) is 0 Å². The van der Waals surface area contributed by atoms with Crippen molar-refractivity contribution in [3.8, 4) is 27.9 Å². The molecule has 6 aromatic carbocycles. The molecule has 0 aliphatic heterocycles. The van der Waals surface area contributed by atoms with Gasteiger partial charge in [-0.1, -0.05) is 105 Å². The summed E-state index contributed by atoms with van der Waals surface area (Å²) in [6, 6.07) is 46.1. The lowest BCUT2D eigenvalue weighted by Crippen LogP contribution is -2.16. The van der Waals surface area contributed by atoms with Crippen molar-refractivity contribution in [1.29, 1.82) is 0 Å². The molecule has 41 heavy (non-hydrogen) atoms. The number of hydrogen-bond donors (Lipinski definition) is 0. The summed E-state index contributed by atoms with van der Waals surface area (Å²) < 4.78 is 8.65. The van der Waals surface area contributed by atoms with Gasteiger partial charge >= 0.3 is 0 Å². The van der Waals surface area contributed by atoms with E-state index >= 15 is 0 Å². The molecule has 0 unspecified atom stereocenters. The minimum Gasteiger partial charge on any atom is -0.456 e. The SMILES string of the molecule is CC1(C)c2ccccc2-c2ccc3c4ccccc4n(-c4ccc(-c5ccc6c(c5)oc5ccccc56)cc4)c3c21. The van der Waals surface area contributed by atoms with Crippen molar-refractivity contribution in [2.45, 2.75) is 19.3 Å². The molecule has 8 aromatic rings. The third kappa shape index (κ3) is 3.02. The van der Waals surface area contributed by atoms with Crippen molar-refractivity contribution in [3.63, 3.8) is 0 Å². The Kier molecular flexibility index (Phi) is 4.42. The van der Waals surface area contributed by atoms with Crippen LogP contribution >= 0.6 is 0 Å². The van der Waals surface area contributed by atoms with E-state index in [-0.39, 0.29) is 5.41 Å². The van der Waals surface area contributed by atoms with Gasteiger partial charge in [-0.25, -0.2) is 0 Å². The fourth-order valence-corrected chi connectivity index (χ4v) is 7.29. The highest BCUT2D eigenvalue weighted by Crippen LogP contribution is 2.52. The summed E-state index contributed by atoms with van der Waals surface area (Å²) in [5.74, 6) is 0. The molecule has 0 bridgehead atoms. The van der Waals surface area contributed by atoms with E-state index in [9.17, 15) is 0 Å². The molecule has 2 heterocycles. The quantitative estimate of drug-likeness (QED) is 0.219. The van der Waals surface area contributed by atoms with Gasteiger partial charge in [0.15, 0.2) is 0 Å². The van der Waals surface area contributed by atoms with Crippen LogP contribution in [0.25, 0.3) is 71.7 Å². The second-order valence-corrected chi connectivity index (χ2v) is 11.8. The molecule has 9 rings (SSSR count). The van der Waals surface area contributed by atoms with Crippen molar-refractivity contribution in [2.75, 3.05) is 0 Å². The fourth-order valence-electron chi connectivity index (χ4n) is 7.29. The number of benzene rings is 6. The maximum absolute atomic E-state index is 6.18. The minimum atomic E-state index is -0.0977. The molecule has 1 aliphatic rings. The molecule has 0 radical (unpaired) electrons. The first-order chi connectivity index (χ1) is 20.1. The van der Waals surface area contributed by atoms with Gasteiger partial charge in [0.1, 0.15) is 11.2 Å². The minimum absolute atomic E-state index is 0.0977. The van der Waals surface area contributed by atoms with Crippen LogP contribution in [0.5, 0.6) is 0 Å². The molecule has 2 heteroatoms. The summed E-state index contributed by atoms with van der Waals surface area (Å²) in [7, 11) is 0. The number of fused-ring (bicyclic) bond motifs is 10. The molecule has 1 aliphatic carbocycles. The van der Waals surface area contributed by atoms with Crippen LogP contribution in [-0.4, -0.2) is 4.57 Å². The van der Waals surface area contributed by atoms with Crippen molar-refractivity contribution in [3.05, 3.63) is 139 Å². The third-order valence-electron chi connectivity index (χ3n) is 9.19. The number of hydrogen-bond acceptors (Lipinski definition) is 1. The van der Waals surface area contributed by atoms with Crippen molar-refractivity contribution < 1.29 is 4.42 Å². The van der Waals surface area contributed by atoms with Crippen molar-refractivity contribution in [2.24, 2.45) is 0 Å². The fraction of sp³-hybridized carbons (Fsp3) is 0.0769. The Morgan fingerprint density at radius 2 is 1.22 bits per heavy atom. The molecular weight excluding hydrogens is 498 g/mol. The lowest BCUT2D eigenvalue weighted by atomic mass is 9.81. The number of furan rings is 1. The van der Waals surface area contributed by atoms with Crippen molar-refractivity contribution >= 4 is 43.7 Å². The van der Waals surface area contributed by atoms with Gasteiger partial charge in [0.2, 0.25) is 0 Å². The van der Waals surface area contributed by atoms with Crippen molar-refractivity contribution in [1.82, 2.24) is 4.57 Å². The highest BCUT2D eigenvalue weighted by Gasteiger charge is 2.38. The van der Waals surface area contributed by atoms with Crippen LogP contribution in [0.15, 0.2) is 132 Å². The Balaban J connectivity index is 1.25. The van der Waals surface area contributed by atoms with Gasteiger partial charge in [0, 0.05) is 32.6 Å². The second-order valence-electron chi connectivity index (χ2n) is 11.8. The molecule has 0 N–H and O–H groups in total. The molecule has 0 fully saturated rings. The zero-order valence-electron chi connectivity index (χ0n) is 23.0. The number of aromatic nitrogens is 1. The predicted octanol–water partition coefficient (Wildman–Crippen LogP) is 10.7. The molecule has 0 amide bonds. The summed E-state index contributed by atoms with van der Waals surface area (Å²) in [5.41, 5.74) is 13.3. The molecule has 2 nitrogen and oxygen atoms in total. The summed E-state index contributed by atoms with van der Waals surface area (Å²) >= 11 is 0. The number of rotatable bonds is 2. The zero-order chi connectivity index (χ0) is 27.3. The van der Waals surface area contributed by atoms with Crippen LogP contribution in [0.3, 0.4) is 0 Å². The van der Waals surface area contributed by atoms with E-state index in [2.05, 4.69) is 134 Å². The zero-order valence-corrected chi connectivity index (χ0v) is 23.0. The molecule has 2 aromatic heterocycles. The summed E-state index contributed by atoms with van der Waals surface area (Å²) in [6.45, 7) is 4.74. The Morgan fingerprint density at radius 1 is 0.537 bits per heavy atom. The average Bonchev–Trinajstić information content (AvgIpc) is 3.63. The van der Waals surface area contributed by atoms with Gasteiger partial charge in [0.25, 0.3) is 0 Å². The van der Waals surface area contributed by atoms with E-state index in [1.54, 1.807) is 0 Å². The van der Waals surface area contributed by atoms with Crippen LogP contribution in [0.4, 0.5) is 0 Å². The van der Waals surface area contributed by atoms with E-state index in [4.69, 9.17) is 4.42 Å². The van der Waals surface area contributed by atoms with E-state index in [1.165, 1.54) is 55.3 Å². The van der Waals surface area contributed by atoms with Crippen LogP contribution < -0.4 is 0 Å². The highest BCUT2D eigenvalue weighted by molar-refractivity contribution is 6.13. The maximum Gasteiger partial charge on any atom is 0.136 e. The van der Waals surface area contributed by atoms with Gasteiger partial charge in [-0.15, -0.1) is 0 Å². The summed E-state index contributed by atoms with van der Waals surface area (Å²) in [4.78, 5) is 0. The molecule has 0 spiro atoms. The van der Waals surface area contributed by atoms with Crippen LogP contribution in [0.2, 0.25) is 0 Å². The first-order valence-electron chi connectivity index (χ1n) is 14.3. The first-order valence-corrected chi connectivity index (χ1v) is 14.3. The predicted molar refractivity (Wildman–Crippen MR) is 171 cm³/mol. The number of para-hydroxylation sites is 2. The topological polar surface area (TPSA) is 18.1 Å². The highest BCUT2D eigenvalue weighted by atomic mass is 16.3. The van der Waals surface area contributed by atoms with Crippen LogP contribution in [0, 0.1) is 0 Å². The molecule has 194 valence electrons. The number of nitrogens with zero attached hydrogens (tertiary/aromatic N) is 1. The third-order valence-corrected chi connectivity index (χ3v) is 9.19. The maximum atomic E-state index is 6.18. The molecule has 0 saturated heterocycles.